The summed E-state index contributed by atoms with van der Waals surface area (Å²) >= 11 is 6.95. The van der Waals surface area contributed by atoms with E-state index < -0.39 is 5.60 Å². The van der Waals surface area contributed by atoms with Gasteiger partial charge in [-0.15, -0.1) is 0 Å². The predicted octanol–water partition coefficient (Wildman–Crippen LogP) is 6.85. The lowest BCUT2D eigenvalue weighted by Gasteiger charge is -2.19. The molecule has 0 amide bonds. The minimum Gasteiger partial charge on any atom is -0.435 e. The molecule has 1 atom stereocenters. The van der Waals surface area contributed by atoms with Crippen molar-refractivity contribution in [2.75, 3.05) is 18.4 Å². The summed E-state index contributed by atoms with van der Waals surface area (Å²) < 4.78 is 5.97. The van der Waals surface area contributed by atoms with E-state index in [1.807, 2.05) is 44.3 Å². The van der Waals surface area contributed by atoms with E-state index in [9.17, 15) is 15.2 Å². The van der Waals surface area contributed by atoms with E-state index >= 15 is 0 Å². The molecule has 0 spiro atoms. The second-order valence-electron chi connectivity index (χ2n) is 11.8. The van der Waals surface area contributed by atoms with Crippen molar-refractivity contribution in [3.05, 3.63) is 94.4 Å². The van der Waals surface area contributed by atoms with Crippen molar-refractivity contribution in [1.29, 1.82) is 5.26 Å². The molecular formula is C35H28ClN7O3. The van der Waals surface area contributed by atoms with Crippen molar-refractivity contribution in [1.82, 2.24) is 24.8 Å². The molecular weight excluding hydrogens is 602 g/mol. The van der Waals surface area contributed by atoms with Gasteiger partial charge in [0.05, 0.1) is 27.4 Å². The van der Waals surface area contributed by atoms with Crippen LogP contribution in [0.3, 0.4) is 0 Å². The fourth-order valence-corrected chi connectivity index (χ4v) is 6.28. The Morgan fingerprint density at radius 2 is 2.00 bits per heavy atom. The van der Waals surface area contributed by atoms with E-state index in [0.717, 1.165) is 52.8 Å². The van der Waals surface area contributed by atoms with E-state index in [1.54, 1.807) is 24.5 Å². The summed E-state index contributed by atoms with van der Waals surface area (Å²) in [4.78, 5) is 32.1. The number of carbonyl (C=O) groups excluding carboxylic acids is 1. The maximum Gasteiger partial charge on any atom is 0.229 e. The number of halogens is 1. The van der Waals surface area contributed by atoms with Gasteiger partial charge in [-0.05, 0) is 67.8 Å². The van der Waals surface area contributed by atoms with Crippen LogP contribution in [0, 0.1) is 18.3 Å². The molecule has 1 unspecified atom stereocenters. The molecule has 0 saturated carbocycles. The van der Waals surface area contributed by atoms with E-state index in [4.69, 9.17) is 21.0 Å². The molecule has 2 N–H and O–H groups in total. The van der Waals surface area contributed by atoms with Crippen LogP contribution in [0.25, 0.3) is 44.7 Å². The maximum absolute atomic E-state index is 11.4. The zero-order chi connectivity index (χ0) is 32.0. The monoisotopic (exact) mass is 629 g/mol. The number of nitriles is 1. The Morgan fingerprint density at radius 3 is 2.78 bits per heavy atom. The zero-order valence-electron chi connectivity index (χ0n) is 25.1. The van der Waals surface area contributed by atoms with Crippen LogP contribution in [0.4, 0.5) is 11.5 Å². The SMILES string of the molecule is Cc1c(Nc2nccc3cc(CN4CCC(C)(O)C4)cnc23)cccc1-c1nccc(-c2nc3cc(C=O)cc(C#N)c3o2)c1Cl. The van der Waals surface area contributed by atoms with E-state index in [1.165, 1.54) is 6.07 Å². The number of pyridine rings is 3. The molecule has 0 radical (unpaired) electrons. The van der Waals surface area contributed by atoms with Gasteiger partial charge in [-0.1, -0.05) is 23.7 Å². The van der Waals surface area contributed by atoms with Gasteiger partial charge in [0.25, 0.3) is 0 Å². The first kappa shape index (κ1) is 29.5. The minimum absolute atomic E-state index is 0.215. The van der Waals surface area contributed by atoms with Gasteiger partial charge in [-0.3, -0.25) is 19.7 Å². The summed E-state index contributed by atoms with van der Waals surface area (Å²) in [5.41, 5.74) is 5.94. The number of nitrogens with zero attached hydrogens (tertiary/aromatic N) is 6. The van der Waals surface area contributed by atoms with E-state index in [0.29, 0.717) is 46.0 Å². The number of likely N-dealkylation sites (tertiary alicyclic amines) is 1. The van der Waals surface area contributed by atoms with Crippen molar-refractivity contribution in [2.24, 2.45) is 0 Å². The lowest BCUT2D eigenvalue weighted by Crippen LogP contribution is -2.29. The first-order valence-electron chi connectivity index (χ1n) is 14.7. The molecule has 1 aliphatic heterocycles. The van der Waals surface area contributed by atoms with Gasteiger partial charge in [0, 0.05) is 60.4 Å². The first-order valence-corrected chi connectivity index (χ1v) is 15.1. The Kier molecular flexibility index (Phi) is 7.45. The minimum atomic E-state index is -0.645. The van der Waals surface area contributed by atoms with E-state index in [-0.39, 0.29) is 17.0 Å². The number of rotatable bonds is 7. The molecule has 0 aliphatic carbocycles. The van der Waals surface area contributed by atoms with Crippen molar-refractivity contribution < 1.29 is 14.3 Å². The van der Waals surface area contributed by atoms with Gasteiger partial charge in [-0.25, -0.2) is 9.97 Å². The lowest BCUT2D eigenvalue weighted by atomic mass is 10.0. The Labute approximate surface area is 269 Å². The summed E-state index contributed by atoms with van der Waals surface area (Å²) in [6.07, 6.45) is 6.68. The van der Waals surface area contributed by atoms with Crippen LogP contribution in [-0.4, -0.2) is 54.9 Å². The Bertz CT molecular complexity index is 2210. The number of aldehydes is 1. The Balaban J connectivity index is 1.20. The molecule has 1 saturated heterocycles. The van der Waals surface area contributed by atoms with Gasteiger partial charge in [0.15, 0.2) is 11.4 Å². The summed E-state index contributed by atoms with van der Waals surface area (Å²) in [7, 11) is 0. The molecule has 228 valence electrons. The van der Waals surface area contributed by atoms with Crippen LogP contribution < -0.4 is 5.32 Å². The number of hydrogen-bond donors (Lipinski definition) is 2. The number of β-amino-alcohol motifs (C(OH)–C–C–N with tert-alkyl or cyclic N) is 1. The largest absolute Gasteiger partial charge is 0.435 e. The third-order valence-electron chi connectivity index (χ3n) is 8.32. The fraction of sp³-hybridized carbons (Fsp3) is 0.200. The summed E-state index contributed by atoms with van der Waals surface area (Å²) in [6, 6.07) is 16.7. The quantitative estimate of drug-likeness (QED) is 0.180. The average Bonchev–Trinajstić information content (AvgIpc) is 3.63. The second kappa shape index (κ2) is 11.6. The highest BCUT2D eigenvalue weighted by Gasteiger charge is 2.31. The smallest absolute Gasteiger partial charge is 0.229 e. The zero-order valence-corrected chi connectivity index (χ0v) is 25.8. The summed E-state index contributed by atoms with van der Waals surface area (Å²) in [5.74, 6) is 0.839. The molecule has 11 heteroatoms. The van der Waals surface area contributed by atoms with Crippen molar-refractivity contribution in [3.8, 4) is 28.8 Å². The number of fused-ring (bicyclic) bond motifs is 2. The summed E-state index contributed by atoms with van der Waals surface area (Å²) in [6.45, 7) is 6.07. The highest BCUT2D eigenvalue weighted by Crippen LogP contribution is 2.39. The second-order valence-corrected chi connectivity index (χ2v) is 12.2. The average molecular weight is 630 g/mol. The van der Waals surface area contributed by atoms with Gasteiger partial charge in [-0.2, -0.15) is 5.26 Å². The number of hydrogen-bond acceptors (Lipinski definition) is 10. The maximum atomic E-state index is 11.4. The molecule has 46 heavy (non-hydrogen) atoms. The van der Waals surface area contributed by atoms with Crippen LogP contribution >= 0.6 is 11.6 Å². The first-order chi connectivity index (χ1) is 22.2. The lowest BCUT2D eigenvalue weighted by molar-refractivity contribution is 0.0679. The highest BCUT2D eigenvalue weighted by molar-refractivity contribution is 6.35. The van der Waals surface area contributed by atoms with Crippen LogP contribution in [0.2, 0.25) is 5.02 Å². The molecule has 6 aromatic rings. The molecule has 4 aromatic heterocycles. The van der Waals surface area contributed by atoms with Gasteiger partial charge in [0.1, 0.15) is 23.4 Å². The van der Waals surface area contributed by atoms with Gasteiger partial charge >= 0.3 is 0 Å². The third-order valence-corrected chi connectivity index (χ3v) is 8.71. The molecule has 1 aliphatic rings. The van der Waals surface area contributed by atoms with Crippen molar-refractivity contribution >= 4 is 51.4 Å². The molecule has 5 heterocycles. The number of oxazole rings is 1. The highest BCUT2D eigenvalue weighted by atomic mass is 35.5. The number of benzene rings is 2. The van der Waals surface area contributed by atoms with Crippen LogP contribution in [0.1, 0.15) is 40.4 Å². The molecule has 10 nitrogen and oxygen atoms in total. The van der Waals surface area contributed by atoms with Gasteiger partial charge in [0.2, 0.25) is 5.89 Å². The van der Waals surface area contributed by atoms with E-state index in [2.05, 4.69) is 37.3 Å². The Hall–Kier alpha value is -5.21. The van der Waals surface area contributed by atoms with Crippen molar-refractivity contribution in [3.63, 3.8) is 0 Å². The fourth-order valence-electron chi connectivity index (χ4n) is 5.99. The summed E-state index contributed by atoms with van der Waals surface area (Å²) in [5, 5.41) is 24.7. The Morgan fingerprint density at radius 1 is 1.15 bits per heavy atom. The van der Waals surface area contributed by atoms with Gasteiger partial charge < -0.3 is 14.8 Å². The topological polar surface area (TPSA) is 141 Å². The molecule has 7 rings (SSSR count). The number of carbonyl (C=O) groups is 1. The molecule has 1 fully saturated rings. The molecule has 0 bridgehead atoms. The number of nitrogens with one attached hydrogen (secondary N) is 1. The molecule has 2 aromatic carbocycles. The van der Waals surface area contributed by atoms with Crippen LogP contribution in [0.15, 0.2) is 71.5 Å². The van der Waals surface area contributed by atoms with Crippen molar-refractivity contribution in [2.45, 2.75) is 32.4 Å². The standard InChI is InChI=1S/C35H28ClN7O3/c1-20-25(31-29(36)26(7-10-38-31)34-42-28-14-21(18-44)12-24(15-37)32(28)46-34)4-3-5-27(20)41-33-30-23(6-9-39-33)13-22(16-40-30)17-43-11-8-35(2,45)19-43/h3-7,9-10,12-14,16,18,45H,8,11,17,19H2,1-2H3,(H,39,41). The predicted molar refractivity (Wildman–Crippen MR) is 176 cm³/mol. The van der Waals surface area contributed by atoms with Crippen LogP contribution in [-0.2, 0) is 6.54 Å². The number of aromatic nitrogens is 4. The number of anilines is 2. The number of aliphatic hydroxyl groups is 1. The normalized spacial score (nSPS) is 16.6. The van der Waals surface area contributed by atoms with Crippen LogP contribution in [0.5, 0.6) is 0 Å². The third kappa shape index (κ3) is 5.45.